The van der Waals surface area contributed by atoms with Crippen LogP contribution in [0.2, 0.25) is 0 Å². The van der Waals surface area contributed by atoms with E-state index in [0.717, 1.165) is 0 Å². The summed E-state index contributed by atoms with van der Waals surface area (Å²) in [5.74, 6) is 0.506. The summed E-state index contributed by atoms with van der Waals surface area (Å²) in [5.41, 5.74) is 5.63. The predicted octanol–water partition coefficient (Wildman–Crippen LogP) is 3.50. The van der Waals surface area contributed by atoms with Crippen LogP contribution in [0.4, 0.5) is 10.1 Å². The fourth-order valence-corrected chi connectivity index (χ4v) is 2.45. The number of ether oxygens (including phenoxy) is 1. The minimum Gasteiger partial charge on any atom is -0.457 e. The first kappa shape index (κ1) is 16.8. The number of hydrogen-bond donors (Lipinski definition) is 1. The molecule has 0 aromatic heterocycles. The lowest BCUT2D eigenvalue weighted by atomic mass is 9.78. The second kappa shape index (κ2) is 5.79. The average Bonchev–Trinajstić information content (AvgIpc) is 2.67. The molecule has 2 aromatic rings. The van der Waals surface area contributed by atoms with Crippen LogP contribution in [0.3, 0.4) is 0 Å². The van der Waals surface area contributed by atoms with Crippen molar-refractivity contribution >= 4 is 18.3 Å². The second-order valence-electron chi connectivity index (χ2n) is 6.95. The summed E-state index contributed by atoms with van der Waals surface area (Å²) in [6, 6.07) is 11.6. The van der Waals surface area contributed by atoms with Crippen molar-refractivity contribution in [2.45, 2.75) is 38.9 Å². The zero-order valence-corrected chi connectivity index (χ0v) is 14.3. The van der Waals surface area contributed by atoms with Gasteiger partial charge in [-0.25, -0.2) is 4.39 Å². The molecule has 0 unspecified atom stereocenters. The van der Waals surface area contributed by atoms with E-state index in [0.29, 0.717) is 22.6 Å². The number of nitrogens with two attached hydrogens (primary N) is 1. The maximum atomic E-state index is 14.5. The first-order valence-corrected chi connectivity index (χ1v) is 7.86. The molecule has 1 saturated heterocycles. The lowest BCUT2D eigenvalue weighted by Gasteiger charge is -2.32. The Hall–Kier alpha value is -2.05. The normalized spacial score (nSPS) is 18.6. The summed E-state index contributed by atoms with van der Waals surface area (Å²) >= 11 is 0. The van der Waals surface area contributed by atoms with Crippen molar-refractivity contribution in [1.82, 2.24) is 0 Å². The SMILES string of the molecule is CC1(C)OB(c2ccc(Oc3cccc(N)c3)cc2F)OC1(C)C. The van der Waals surface area contributed by atoms with Crippen molar-refractivity contribution in [2.75, 3.05) is 5.73 Å². The maximum absolute atomic E-state index is 14.5. The molecule has 0 atom stereocenters. The summed E-state index contributed by atoms with van der Waals surface area (Å²) < 4.78 is 31.9. The number of halogens is 1. The van der Waals surface area contributed by atoms with Crippen LogP contribution in [0, 0.1) is 5.82 Å². The van der Waals surface area contributed by atoms with Crippen molar-refractivity contribution in [1.29, 1.82) is 0 Å². The molecule has 1 aliphatic rings. The number of anilines is 1. The zero-order chi connectivity index (χ0) is 17.5. The van der Waals surface area contributed by atoms with Gasteiger partial charge in [-0.05, 0) is 45.9 Å². The molecule has 3 rings (SSSR count). The predicted molar refractivity (Wildman–Crippen MR) is 93.0 cm³/mol. The van der Waals surface area contributed by atoms with E-state index in [-0.39, 0.29) is 0 Å². The minimum atomic E-state index is -0.739. The molecule has 0 amide bonds. The molecule has 126 valence electrons. The number of nitrogen functional groups attached to an aromatic ring is 1. The molecule has 2 N–H and O–H groups in total. The fourth-order valence-electron chi connectivity index (χ4n) is 2.45. The first-order valence-electron chi connectivity index (χ1n) is 7.86. The Bertz CT molecular complexity index is 748. The van der Waals surface area contributed by atoms with E-state index >= 15 is 0 Å². The van der Waals surface area contributed by atoms with Gasteiger partial charge in [0.25, 0.3) is 0 Å². The van der Waals surface area contributed by atoms with Gasteiger partial charge in [-0.1, -0.05) is 12.1 Å². The summed E-state index contributed by atoms with van der Waals surface area (Å²) in [7, 11) is -0.739. The lowest BCUT2D eigenvalue weighted by molar-refractivity contribution is 0.00578. The van der Waals surface area contributed by atoms with Crippen molar-refractivity contribution in [2.24, 2.45) is 0 Å². The molecular weight excluding hydrogens is 308 g/mol. The van der Waals surface area contributed by atoms with Gasteiger partial charge in [0, 0.05) is 23.3 Å². The maximum Gasteiger partial charge on any atom is 0.497 e. The van der Waals surface area contributed by atoms with Crippen LogP contribution in [0.1, 0.15) is 27.7 Å². The Labute approximate surface area is 141 Å². The lowest BCUT2D eigenvalue weighted by Crippen LogP contribution is -2.41. The molecular formula is C18H21BFNO3. The molecule has 0 radical (unpaired) electrons. The van der Waals surface area contributed by atoms with E-state index in [1.54, 1.807) is 36.4 Å². The van der Waals surface area contributed by atoms with Crippen molar-refractivity contribution in [3.8, 4) is 11.5 Å². The Morgan fingerprint density at radius 2 is 1.58 bits per heavy atom. The van der Waals surface area contributed by atoms with E-state index in [1.807, 2.05) is 27.7 Å². The van der Waals surface area contributed by atoms with Crippen molar-refractivity contribution in [3.63, 3.8) is 0 Å². The highest BCUT2D eigenvalue weighted by molar-refractivity contribution is 6.62. The quantitative estimate of drug-likeness (QED) is 0.692. The van der Waals surface area contributed by atoms with E-state index < -0.39 is 24.1 Å². The van der Waals surface area contributed by atoms with Gasteiger partial charge in [0.2, 0.25) is 0 Å². The minimum absolute atomic E-state index is 0.355. The molecule has 0 saturated carbocycles. The van der Waals surface area contributed by atoms with Gasteiger partial charge in [0.15, 0.2) is 0 Å². The summed E-state index contributed by atoms with van der Waals surface area (Å²) in [6.45, 7) is 7.73. The highest BCUT2D eigenvalue weighted by Gasteiger charge is 2.52. The number of rotatable bonds is 3. The van der Waals surface area contributed by atoms with Crippen LogP contribution in [0.25, 0.3) is 0 Å². The van der Waals surface area contributed by atoms with Crippen molar-refractivity contribution in [3.05, 3.63) is 48.3 Å². The Morgan fingerprint density at radius 1 is 0.958 bits per heavy atom. The standard InChI is InChI=1S/C18H21BFNO3/c1-17(2)18(3,4)24-19(23-17)15-9-8-14(11-16(15)20)22-13-7-5-6-12(21)10-13/h5-11H,21H2,1-4H3. The second-order valence-corrected chi connectivity index (χ2v) is 6.95. The van der Waals surface area contributed by atoms with Gasteiger partial charge in [0.1, 0.15) is 17.3 Å². The smallest absolute Gasteiger partial charge is 0.457 e. The van der Waals surface area contributed by atoms with Gasteiger partial charge in [-0.15, -0.1) is 0 Å². The third kappa shape index (κ3) is 3.12. The van der Waals surface area contributed by atoms with Crippen LogP contribution < -0.4 is 15.9 Å². The van der Waals surface area contributed by atoms with Crippen LogP contribution in [0.5, 0.6) is 11.5 Å². The molecule has 2 aromatic carbocycles. The Kier molecular flexibility index (Phi) is 4.05. The Morgan fingerprint density at radius 3 is 2.17 bits per heavy atom. The van der Waals surface area contributed by atoms with Crippen molar-refractivity contribution < 1.29 is 18.4 Å². The summed E-state index contributed by atoms with van der Waals surface area (Å²) in [4.78, 5) is 0. The van der Waals surface area contributed by atoms with E-state index in [1.165, 1.54) is 6.07 Å². The molecule has 1 fully saturated rings. The third-order valence-corrected chi connectivity index (χ3v) is 4.57. The molecule has 4 nitrogen and oxygen atoms in total. The van der Waals surface area contributed by atoms with Crippen LogP contribution in [0.15, 0.2) is 42.5 Å². The highest BCUT2D eigenvalue weighted by Crippen LogP contribution is 2.36. The number of benzene rings is 2. The first-order chi connectivity index (χ1) is 11.2. The third-order valence-electron chi connectivity index (χ3n) is 4.57. The zero-order valence-electron chi connectivity index (χ0n) is 14.3. The van der Waals surface area contributed by atoms with Crippen LogP contribution >= 0.6 is 0 Å². The van der Waals surface area contributed by atoms with Gasteiger partial charge < -0.3 is 19.8 Å². The van der Waals surface area contributed by atoms with Gasteiger partial charge >= 0.3 is 7.12 Å². The average molecular weight is 329 g/mol. The summed E-state index contributed by atoms with van der Waals surface area (Å²) in [6.07, 6.45) is 0. The highest BCUT2D eigenvalue weighted by atomic mass is 19.1. The van der Waals surface area contributed by atoms with E-state index in [9.17, 15) is 4.39 Å². The van der Waals surface area contributed by atoms with Gasteiger partial charge in [0.05, 0.1) is 11.2 Å². The summed E-state index contributed by atoms with van der Waals surface area (Å²) in [5, 5.41) is 0. The fraction of sp³-hybridized carbons (Fsp3) is 0.333. The number of hydrogen-bond acceptors (Lipinski definition) is 4. The Balaban J connectivity index is 1.81. The van der Waals surface area contributed by atoms with E-state index in [4.69, 9.17) is 19.8 Å². The monoisotopic (exact) mass is 329 g/mol. The van der Waals surface area contributed by atoms with Crippen LogP contribution in [-0.2, 0) is 9.31 Å². The molecule has 0 spiro atoms. The molecule has 0 bridgehead atoms. The molecule has 24 heavy (non-hydrogen) atoms. The molecule has 6 heteroatoms. The molecule has 1 heterocycles. The topological polar surface area (TPSA) is 53.7 Å². The largest absolute Gasteiger partial charge is 0.497 e. The van der Waals surface area contributed by atoms with Crippen LogP contribution in [-0.4, -0.2) is 18.3 Å². The molecule has 0 aliphatic carbocycles. The molecule has 1 aliphatic heterocycles. The van der Waals surface area contributed by atoms with E-state index in [2.05, 4.69) is 0 Å². The van der Waals surface area contributed by atoms with Gasteiger partial charge in [-0.3, -0.25) is 0 Å². The van der Waals surface area contributed by atoms with Gasteiger partial charge in [-0.2, -0.15) is 0 Å².